The molecule has 230 valence electrons. The highest BCUT2D eigenvalue weighted by Gasteiger charge is 2.43. The number of fused-ring (bicyclic) bond motifs is 1. The molecule has 0 radical (unpaired) electrons. The molecule has 0 unspecified atom stereocenters. The van der Waals surface area contributed by atoms with Crippen molar-refractivity contribution in [1.82, 2.24) is 20.9 Å². The number of nitrogens with one attached hydrogen (secondary N) is 3. The number of amides is 4. The first-order valence-electron chi connectivity index (χ1n) is 15.2. The average Bonchev–Trinajstić information content (AvgIpc) is 3.52. The van der Waals surface area contributed by atoms with Gasteiger partial charge in [-0.05, 0) is 76.0 Å². The minimum atomic E-state index is -1.29. The van der Waals surface area contributed by atoms with Crippen LogP contribution in [0.4, 0.5) is 0 Å². The number of hydrogen-bond acceptors (Lipinski definition) is 6. The van der Waals surface area contributed by atoms with Crippen molar-refractivity contribution in [2.75, 3.05) is 13.2 Å². The smallest absolute Gasteiger partial charge is 0.338 e. The van der Waals surface area contributed by atoms with Crippen LogP contribution in [0.2, 0.25) is 0 Å². The molecule has 2 saturated heterocycles. The van der Waals surface area contributed by atoms with Crippen LogP contribution in [0, 0.1) is 0 Å². The molecule has 10 nitrogen and oxygen atoms in total. The summed E-state index contributed by atoms with van der Waals surface area (Å²) in [5.41, 5.74) is 0.208. The first-order valence-corrected chi connectivity index (χ1v) is 15.2. The Morgan fingerprint density at radius 3 is 2.30 bits per heavy atom. The van der Waals surface area contributed by atoms with Gasteiger partial charge in [0.1, 0.15) is 23.7 Å². The summed E-state index contributed by atoms with van der Waals surface area (Å²) in [6.07, 6.45) is 3.61. The molecule has 10 heteroatoms. The number of unbranched alkanes of at least 4 members (excludes halogenated alkanes) is 1. The summed E-state index contributed by atoms with van der Waals surface area (Å²) in [6.45, 7) is 3.99. The van der Waals surface area contributed by atoms with Crippen LogP contribution >= 0.6 is 0 Å². The second-order valence-corrected chi connectivity index (χ2v) is 11.5. The zero-order valence-electron chi connectivity index (χ0n) is 25.0. The standard InChI is InChI=1S/C33H42N4O6/c1-3-33(2)32(42)35-26(20-19-23-13-6-4-7-14-23)30(40)37-21-12-18-27(37)29(39)34-25(28(38)36-33)17-10-11-22-43-31(41)24-15-8-5-9-16-24/h4-9,13-16,25-27H,3,10-12,17-22H2,1-2H3,(H,34,39)(H,35,42)(H,36,38)/t25-,26-,27+,33-/m0/s1. The number of hydrogen-bond donors (Lipinski definition) is 3. The van der Waals surface area contributed by atoms with Crippen LogP contribution < -0.4 is 16.0 Å². The number of carbonyl (C=O) groups excluding carboxylic acids is 5. The minimum Gasteiger partial charge on any atom is -0.462 e. The van der Waals surface area contributed by atoms with Crippen LogP contribution in [-0.4, -0.2) is 71.3 Å². The summed E-state index contributed by atoms with van der Waals surface area (Å²) in [5, 5.41) is 8.64. The third-order valence-corrected chi connectivity index (χ3v) is 8.38. The van der Waals surface area contributed by atoms with Gasteiger partial charge in [0.05, 0.1) is 12.2 Å². The maximum Gasteiger partial charge on any atom is 0.338 e. The van der Waals surface area contributed by atoms with Gasteiger partial charge >= 0.3 is 5.97 Å². The van der Waals surface area contributed by atoms with Crippen LogP contribution in [0.5, 0.6) is 0 Å². The van der Waals surface area contributed by atoms with Gasteiger partial charge in [-0.3, -0.25) is 19.2 Å². The molecule has 2 fully saturated rings. The maximum atomic E-state index is 13.8. The van der Waals surface area contributed by atoms with Crippen LogP contribution in [0.25, 0.3) is 0 Å². The lowest BCUT2D eigenvalue weighted by molar-refractivity contribution is -0.145. The molecular weight excluding hydrogens is 548 g/mol. The molecule has 2 aliphatic heterocycles. The third kappa shape index (κ3) is 8.21. The van der Waals surface area contributed by atoms with Gasteiger partial charge in [0.2, 0.25) is 23.6 Å². The van der Waals surface area contributed by atoms with Crippen molar-refractivity contribution in [2.45, 2.75) is 88.9 Å². The number of rotatable bonds is 10. The first kappa shape index (κ1) is 31.7. The fourth-order valence-corrected chi connectivity index (χ4v) is 5.51. The van der Waals surface area contributed by atoms with Crippen molar-refractivity contribution in [2.24, 2.45) is 0 Å². The summed E-state index contributed by atoms with van der Waals surface area (Å²) < 4.78 is 5.34. The number of carbonyl (C=O) groups is 5. The van der Waals surface area contributed by atoms with Crippen molar-refractivity contribution in [3.05, 3.63) is 71.8 Å². The maximum absolute atomic E-state index is 13.8. The molecule has 0 spiro atoms. The molecule has 2 heterocycles. The van der Waals surface area contributed by atoms with Crippen LogP contribution in [-0.2, 0) is 30.3 Å². The van der Waals surface area contributed by atoms with Crippen LogP contribution in [0.3, 0.4) is 0 Å². The molecule has 43 heavy (non-hydrogen) atoms. The molecule has 4 amide bonds. The molecule has 0 bridgehead atoms. The third-order valence-electron chi connectivity index (χ3n) is 8.38. The largest absolute Gasteiger partial charge is 0.462 e. The second-order valence-electron chi connectivity index (χ2n) is 11.5. The van der Waals surface area contributed by atoms with E-state index in [1.807, 2.05) is 36.4 Å². The Kier molecular flexibility index (Phi) is 10.9. The van der Waals surface area contributed by atoms with Gasteiger partial charge in [-0.15, -0.1) is 0 Å². The normalized spacial score (nSPS) is 24.6. The lowest BCUT2D eigenvalue weighted by Crippen LogP contribution is -2.65. The number of esters is 1. The van der Waals surface area contributed by atoms with Gasteiger partial charge in [0.15, 0.2) is 0 Å². The quantitative estimate of drug-likeness (QED) is 0.288. The molecule has 0 aromatic heterocycles. The van der Waals surface area contributed by atoms with Gasteiger partial charge in [0.25, 0.3) is 0 Å². The predicted octanol–water partition coefficient (Wildman–Crippen LogP) is 2.91. The summed E-state index contributed by atoms with van der Waals surface area (Å²) >= 11 is 0. The number of benzene rings is 2. The highest BCUT2D eigenvalue weighted by atomic mass is 16.5. The van der Waals surface area contributed by atoms with Gasteiger partial charge < -0.3 is 25.6 Å². The van der Waals surface area contributed by atoms with E-state index in [1.54, 1.807) is 43.0 Å². The van der Waals surface area contributed by atoms with Crippen LogP contribution in [0.15, 0.2) is 60.7 Å². The molecule has 0 aliphatic carbocycles. The van der Waals surface area contributed by atoms with E-state index >= 15 is 0 Å². The Balaban J connectivity index is 1.46. The summed E-state index contributed by atoms with van der Waals surface area (Å²) in [6, 6.07) is 15.9. The Bertz CT molecular complexity index is 1290. The minimum absolute atomic E-state index is 0.167. The molecule has 4 atom stereocenters. The van der Waals surface area contributed by atoms with E-state index < -0.39 is 41.4 Å². The Labute approximate surface area is 252 Å². The number of aryl methyl sites for hydroxylation is 1. The van der Waals surface area contributed by atoms with Crippen molar-refractivity contribution >= 4 is 29.6 Å². The van der Waals surface area contributed by atoms with E-state index in [1.165, 1.54) is 0 Å². The monoisotopic (exact) mass is 590 g/mol. The van der Waals surface area contributed by atoms with E-state index in [0.29, 0.717) is 50.6 Å². The second kappa shape index (κ2) is 14.8. The molecular formula is C33H42N4O6. The summed E-state index contributed by atoms with van der Waals surface area (Å²) in [7, 11) is 0. The fraction of sp³-hybridized carbons (Fsp3) is 0.485. The van der Waals surface area contributed by atoms with Crippen molar-refractivity contribution in [1.29, 1.82) is 0 Å². The molecule has 3 N–H and O–H groups in total. The van der Waals surface area contributed by atoms with Crippen LogP contribution in [0.1, 0.15) is 74.7 Å². The van der Waals surface area contributed by atoms with Gasteiger partial charge in [-0.2, -0.15) is 0 Å². The molecule has 4 rings (SSSR count). The highest BCUT2D eigenvalue weighted by Crippen LogP contribution is 2.22. The zero-order valence-corrected chi connectivity index (χ0v) is 25.0. The van der Waals surface area contributed by atoms with E-state index in [-0.39, 0.29) is 31.3 Å². The average molecular weight is 591 g/mol. The Morgan fingerprint density at radius 1 is 0.907 bits per heavy atom. The van der Waals surface area contributed by atoms with Gasteiger partial charge in [-0.1, -0.05) is 55.5 Å². The zero-order chi connectivity index (χ0) is 30.8. The highest BCUT2D eigenvalue weighted by molar-refractivity contribution is 5.99. The lowest BCUT2D eigenvalue weighted by Gasteiger charge is -2.36. The number of nitrogens with zero attached hydrogens (tertiary/aromatic N) is 1. The summed E-state index contributed by atoms with van der Waals surface area (Å²) in [5.74, 6) is -2.00. The SMILES string of the molecule is CC[C@]1(C)NC(=O)[C@H](CCCCOC(=O)c2ccccc2)NC(=O)[C@H]2CCCN2C(=O)[C@H](CCc2ccccc2)NC1=O. The topological polar surface area (TPSA) is 134 Å². The van der Waals surface area contributed by atoms with E-state index in [4.69, 9.17) is 4.74 Å². The van der Waals surface area contributed by atoms with Gasteiger partial charge in [-0.25, -0.2) is 4.79 Å². The first-order chi connectivity index (χ1) is 20.7. The molecule has 2 aliphatic rings. The molecule has 2 aromatic rings. The Hall–Kier alpha value is -4.21. The van der Waals surface area contributed by atoms with Crippen molar-refractivity contribution in [3.63, 3.8) is 0 Å². The lowest BCUT2D eigenvalue weighted by atomic mass is 9.94. The fourth-order valence-electron chi connectivity index (χ4n) is 5.51. The molecule has 2 aromatic carbocycles. The van der Waals surface area contributed by atoms with Crippen molar-refractivity contribution in [3.8, 4) is 0 Å². The number of ether oxygens (including phenoxy) is 1. The predicted molar refractivity (Wildman–Crippen MR) is 161 cm³/mol. The van der Waals surface area contributed by atoms with Crippen molar-refractivity contribution < 1.29 is 28.7 Å². The van der Waals surface area contributed by atoms with E-state index in [2.05, 4.69) is 16.0 Å². The Morgan fingerprint density at radius 2 is 1.60 bits per heavy atom. The molecule has 0 saturated carbocycles. The van der Waals surface area contributed by atoms with E-state index in [0.717, 1.165) is 5.56 Å². The van der Waals surface area contributed by atoms with Gasteiger partial charge in [0, 0.05) is 6.54 Å². The van der Waals surface area contributed by atoms with E-state index in [9.17, 15) is 24.0 Å². The summed E-state index contributed by atoms with van der Waals surface area (Å²) in [4.78, 5) is 68.2.